The normalized spacial score (nSPS) is 38.3. The van der Waals surface area contributed by atoms with Gasteiger partial charge >= 0.3 is 11.9 Å². The molecular formula is C27H35NO6S. The van der Waals surface area contributed by atoms with E-state index in [1.165, 1.54) is 0 Å². The molecule has 4 bridgehead atoms. The molecule has 1 aliphatic carbocycles. The van der Waals surface area contributed by atoms with Crippen LogP contribution in [0.4, 0.5) is 0 Å². The van der Waals surface area contributed by atoms with Crippen LogP contribution < -0.4 is 0 Å². The second-order valence-corrected chi connectivity index (χ2v) is 11.6. The molecule has 1 saturated heterocycles. The van der Waals surface area contributed by atoms with Gasteiger partial charge in [0.05, 0.1) is 34.6 Å². The van der Waals surface area contributed by atoms with Crippen molar-refractivity contribution in [3.8, 4) is 0 Å². The van der Waals surface area contributed by atoms with E-state index in [0.717, 1.165) is 34.7 Å². The number of aryl methyl sites for hydroxylation is 1. The highest BCUT2D eigenvalue weighted by atomic mass is 32.1. The van der Waals surface area contributed by atoms with E-state index >= 15 is 0 Å². The van der Waals surface area contributed by atoms with Gasteiger partial charge in [-0.1, -0.05) is 18.6 Å². The number of nitrogens with zero attached hydrogens (tertiary/aromatic N) is 1. The number of carbonyl (C=O) groups excluding carboxylic acids is 3. The van der Waals surface area contributed by atoms with E-state index in [4.69, 9.17) is 9.47 Å². The number of aromatic nitrogens is 1. The van der Waals surface area contributed by atoms with E-state index in [2.05, 4.69) is 11.1 Å². The fourth-order valence-corrected chi connectivity index (χ4v) is 6.57. The summed E-state index contributed by atoms with van der Waals surface area (Å²) in [5.41, 5.74) is 1.70. The summed E-state index contributed by atoms with van der Waals surface area (Å²) in [6.45, 7) is 9.34. The van der Waals surface area contributed by atoms with Crippen molar-refractivity contribution in [2.24, 2.45) is 23.2 Å². The monoisotopic (exact) mass is 501 g/mol. The molecule has 0 spiro atoms. The highest BCUT2D eigenvalue weighted by Crippen LogP contribution is 2.54. The second-order valence-electron chi connectivity index (χ2n) is 10.5. The third kappa shape index (κ3) is 4.87. The van der Waals surface area contributed by atoms with Gasteiger partial charge < -0.3 is 14.6 Å². The first-order chi connectivity index (χ1) is 16.5. The van der Waals surface area contributed by atoms with Crippen LogP contribution in [0.1, 0.15) is 70.5 Å². The van der Waals surface area contributed by atoms with Crippen molar-refractivity contribution in [1.82, 2.24) is 4.98 Å². The minimum Gasteiger partial charge on any atom is -0.460 e. The Hall–Kier alpha value is -2.32. The smallest absolute Gasteiger partial charge is 0.310 e. The molecule has 8 heteroatoms. The molecule has 3 aliphatic rings. The number of Topliss-reactive ketones (excluding diaryl/α,β-unsaturated/α-hetero) is 1. The highest BCUT2D eigenvalue weighted by Gasteiger charge is 2.66. The fraction of sp³-hybridized carbons (Fsp3) is 0.630. The molecule has 0 amide bonds. The van der Waals surface area contributed by atoms with Crippen molar-refractivity contribution in [3.05, 3.63) is 33.3 Å². The summed E-state index contributed by atoms with van der Waals surface area (Å²) in [5.74, 6) is -2.98. The molecule has 1 N–H and O–H groups in total. The Bertz CT molecular complexity index is 1070. The second kappa shape index (κ2) is 9.97. The standard InChI is InChI=1S/C27H35NO6S/c1-14-7-6-8-19-23-26(32)34-21(27(23,5)25(31)16(3)24(19)30)12-22(29)33-20(10-9-14)15(2)11-18-13-35-17(4)28-18/h9,11,13,16,19-21,23-24,30H,6-8,10,12H2,1-5H3/b14-9-,15-11+/t16-,19-,20+,21+,23?,24-,27+/m1/s1. The van der Waals surface area contributed by atoms with Crippen LogP contribution in [-0.2, 0) is 23.9 Å². The van der Waals surface area contributed by atoms with Crippen LogP contribution in [-0.4, -0.2) is 46.1 Å². The molecule has 1 aromatic heterocycles. The Balaban J connectivity index is 1.67. The van der Waals surface area contributed by atoms with E-state index in [0.29, 0.717) is 12.8 Å². The van der Waals surface area contributed by atoms with Gasteiger partial charge in [-0.3, -0.25) is 14.4 Å². The topological polar surface area (TPSA) is 103 Å². The number of carbonyl (C=O) groups is 3. The molecule has 4 rings (SSSR count). The largest absolute Gasteiger partial charge is 0.460 e. The molecule has 35 heavy (non-hydrogen) atoms. The summed E-state index contributed by atoms with van der Waals surface area (Å²) in [5, 5.41) is 13.8. The minimum absolute atomic E-state index is 0.192. The molecule has 7 atom stereocenters. The SMILES string of the molecule is C/C1=C/C[C@@H](/C(C)=C/c2csc(C)n2)OC(=O)C[C@@H]2OC(=O)C3[C@@H](CCC1)[C@H](O)[C@@H](C)C(=O)[C@]32C. The molecule has 1 unspecified atom stereocenters. The zero-order valence-electron chi connectivity index (χ0n) is 21.1. The van der Waals surface area contributed by atoms with Crippen LogP contribution in [0.2, 0.25) is 0 Å². The van der Waals surface area contributed by atoms with E-state index in [1.807, 2.05) is 32.2 Å². The number of cyclic esters (lactones) is 1. The Morgan fingerprint density at radius 3 is 2.69 bits per heavy atom. The lowest BCUT2D eigenvalue weighted by Crippen LogP contribution is -2.57. The number of hydrogen-bond acceptors (Lipinski definition) is 8. The number of aliphatic hydroxyl groups excluding tert-OH is 1. The summed E-state index contributed by atoms with van der Waals surface area (Å²) in [7, 11) is 0. The average molecular weight is 502 g/mol. The van der Waals surface area contributed by atoms with Crippen LogP contribution in [0.15, 0.2) is 22.6 Å². The summed E-state index contributed by atoms with van der Waals surface area (Å²) in [6, 6.07) is 0. The lowest BCUT2D eigenvalue weighted by atomic mass is 9.55. The maximum absolute atomic E-state index is 13.4. The first-order valence-corrected chi connectivity index (χ1v) is 13.3. The van der Waals surface area contributed by atoms with Gasteiger partial charge in [0, 0.05) is 17.7 Å². The number of rotatable bonds is 2. The van der Waals surface area contributed by atoms with Crippen molar-refractivity contribution in [1.29, 1.82) is 0 Å². The number of allylic oxidation sites excluding steroid dienone is 1. The molecule has 0 aromatic carbocycles. The first kappa shape index (κ1) is 25.8. The predicted octanol–water partition coefficient (Wildman–Crippen LogP) is 4.42. The number of thiazole rings is 1. The summed E-state index contributed by atoms with van der Waals surface area (Å²) in [6.07, 6.45) is 4.26. The Morgan fingerprint density at radius 2 is 2.00 bits per heavy atom. The van der Waals surface area contributed by atoms with Crippen LogP contribution >= 0.6 is 11.3 Å². The molecule has 7 nitrogen and oxygen atoms in total. The van der Waals surface area contributed by atoms with Gasteiger partial charge in [0.15, 0.2) is 0 Å². The predicted molar refractivity (Wildman–Crippen MR) is 132 cm³/mol. The zero-order chi connectivity index (χ0) is 25.5. The lowest BCUT2D eigenvalue weighted by Gasteiger charge is -2.45. The molecule has 2 fully saturated rings. The van der Waals surface area contributed by atoms with Crippen molar-refractivity contribution < 1.29 is 29.0 Å². The maximum Gasteiger partial charge on any atom is 0.310 e. The lowest BCUT2D eigenvalue weighted by molar-refractivity contribution is -0.158. The summed E-state index contributed by atoms with van der Waals surface area (Å²) < 4.78 is 11.6. The van der Waals surface area contributed by atoms with Gasteiger partial charge in [0.1, 0.15) is 18.0 Å². The van der Waals surface area contributed by atoms with Crippen LogP contribution in [0.25, 0.3) is 6.08 Å². The van der Waals surface area contributed by atoms with Crippen LogP contribution in [0.3, 0.4) is 0 Å². The third-order valence-corrected chi connectivity index (χ3v) is 8.88. The van der Waals surface area contributed by atoms with Gasteiger partial charge in [-0.2, -0.15) is 0 Å². The van der Waals surface area contributed by atoms with Crippen molar-refractivity contribution in [3.63, 3.8) is 0 Å². The number of ketones is 1. The van der Waals surface area contributed by atoms with E-state index in [-0.39, 0.29) is 18.1 Å². The van der Waals surface area contributed by atoms with Gasteiger partial charge in [-0.25, -0.2) is 4.98 Å². The number of hydrogen-bond donors (Lipinski definition) is 1. The number of aliphatic hydroxyl groups is 1. The summed E-state index contributed by atoms with van der Waals surface area (Å²) >= 11 is 1.56. The van der Waals surface area contributed by atoms with Crippen molar-refractivity contribution in [2.45, 2.75) is 85.0 Å². The fourth-order valence-electron chi connectivity index (χ4n) is 6.00. The van der Waals surface area contributed by atoms with Gasteiger partial charge in [0.2, 0.25) is 0 Å². The number of ether oxygens (including phenoxy) is 2. The quantitative estimate of drug-likeness (QED) is 0.473. The molecule has 1 saturated carbocycles. The molecule has 0 radical (unpaired) electrons. The van der Waals surface area contributed by atoms with Gasteiger partial charge in [0.25, 0.3) is 0 Å². The van der Waals surface area contributed by atoms with Crippen molar-refractivity contribution in [2.75, 3.05) is 0 Å². The minimum atomic E-state index is -1.16. The van der Waals surface area contributed by atoms with Crippen LogP contribution in [0, 0.1) is 30.1 Å². The van der Waals surface area contributed by atoms with E-state index < -0.39 is 47.5 Å². The molecule has 2 aliphatic heterocycles. The first-order valence-electron chi connectivity index (χ1n) is 12.4. The molecular weight excluding hydrogens is 466 g/mol. The maximum atomic E-state index is 13.4. The van der Waals surface area contributed by atoms with E-state index in [1.54, 1.807) is 25.2 Å². The molecule has 1 aromatic rings. The summed E-state index contributed by atoms with van der Waals surface area (Å²) in [4.78, 5) is 44.0. The number of esters is 2. The molecule has 3 heterocycles. The molecule has 190 valence electrons. The van der Waals surface area contributed by atoms with Crippen molar-refractivity contribution >= 4 is 35.1 Å². The van der Waals surface area contributed by atoms with Gasteiger partial charge in [-0.05, 0) is 64.5 Å². The van der Waals surface area contributed by atoms with Crippen LogP contribution in [0.5, 0.6) is 0 Å². The Labute approximate surface area is 210 Å². The zero-order valence-corrected chi connectivity index (χ0v) is 21.9. The third-order valence-electron chi connectivity index (χ3n) is 8.09. The Morgan fingerprint density at radius 1 is 1.26 bits per heavy atom. The average Bonchev–Trinajstić information content (AvgIpc) is 3.31. The van der Waals surface area contributed by atoms with E-state index in [9.17, 15) is 19.5 Å². The Kier molecular flexibility index (Phi) is 7.34. The highest BCUT2D eigenvalue weighted by molar-refractivity contribution is 7.09. The van der Waals surface area contributed by atoms with Gasteiger partial charge in [-0.15, -0.1) is 11.3 Å².